The zero-order valence-electron chi connectivity index (χ0n) is 10.5. The molecular formula is C15H20N2O. The lowest BCUT2D eigenvalue weighted by atomic mass is 10.0. The topological polar surface area (TPSA) is 56.0 Å². The number of nitrogens with one attached hydrogen (secondary N) is 1. The molecule has 0 spiro atoms. The van der Waals surface area contributed by atoms with Crippen molar-refractivity contribution >= 4 is 0 Å². The Morgan fingerprint density at radius 3 is 2.72 bits per heavy atom. The zero-order chi connectivity index (χ0) is 12.8. The second-order valence-corrected chi connectivity index (χ2v) is 5.08. The maximum atomic E-state index is 9.45. The van der Waals surface area contributed by atoms with E-state index in [-0.39, 0.29) is 12.0 Å². The minimum absolute atomic E-state index is 0.0856. The van der Waals surface area contributed by atoms with Gasteiger partial charge in [0.25, 0.3) is 0 Å². The third kappa shape index (κ3) is 3.56. The van der Waals surface area contributed by atoms with Gasteiger partial charge in [0.2, 0.25) is 0 Å². The molecule has 0 saturated heterocycles. The summed E-state index contributed by atoms with van der Waals surface area (Å²) >= 11 is 0. The molecule has 1 aromatic rings. The molecule has 3 heteroatoms. The van der Waals surface area contributed by atoms with Crippen molar-refractivity contribution in [2.75, 3.05) is 13.1 Å². The first-order valence-electron chi connectivity index (χ1n) is 6.63. The lowest BCUT2D eigenvalue weighted by Crippen LogP contribution is -2.26. The summed E-state index contributed by atoms with van der Waals surface area (Å²) in [4.78, 5) is 0. The van der Waals surface area contributed by atoms with Crippen LogP contribution in [0.4, 0.5) is 0 Å². The van der Waals surface area contributed by atoms with E-state index in [0.29, 0.717) is 12.5 Å². The molecule has 0 radical (unpaired) electrons. The molecule has 0 aliphatic heterocycles. The summed E-state index contributed by atoms with van der Waals surface area (Å²) in [7, 11) is 0. The monoisotopic (exact) mass is 244 g/mol. The van der Waals surface area contributed by atoms with Gasteiger partial charge in [-0.05, 0) is 37.3 Å². The van der Waals surface area contributed by atoms with Gasteiger partial charge in [-0.25, -0.2) is 0 Å². The molecule has 96 valence electrons. The quantitative estimate of drug-likeness (QED) is 0.833. The highest BCUT2D eigenvalue weighted by Gasteiger charge is 2.22. The van der Waals surface area contributed by atoms with Crippen molar-refractivity contribution in [1.82, 2.24) is 5.32 Å². The van der Waals surface area contributed by atoms with Crippen LogP contribution in [0.3, 0.4) is 0 Å². The summed E-state index contributed by atoms with van der Waals surface area (Å²) < 4.78 is 0. The zero-order valence-corrected chi connectivity index (χ0v) is 10.5. The molecule has 1 saturated carbocycles. The Bertz CT molecular complexity index is 399. The molecule has 3 nitrogen and oxygen atoms in total. The van der Waals surface area contributed by atoms with Gasteiger partial charge in [0, 0.05) is 6.54 Å². The van der Waals surface area contributed by atoms with Crippen molar-refractivity contribution < 1.29 is 5.11 Å². The van der Waals surface area contributed by atoms with Crippen LogP contribution < -0.4 is 5.32 Å². The van der Waals surface area contributed by atoms with E-state index in [2.05, 4.69) is 11.4 Å². The SMILES string of the molecule is N#CC(CNCC1CCC(O)C1)c1ccccc1. The van der Waals surface area contributed by atoms with Crippen LogP contribution in [0.2, 0.25) is 0 Å². The highest BCUT2D eigenvalue weighted by molar-refractivity contribution is 5.24. The highest BCUT2D eigenvalue weighted by atomic mass is 16.3. The van der Waals surface area contributed by atoms with Crippen LogP contribution in [0.1, 0.15) is 30.7 Å². The van der Waals surface area contributed by atoms with Crippen molar-refractivity contribution in [2.24, 2.45) is 5.92 Å². The third-order valence-electron chi connectivity index (χ3n) is 3.65. The summed E-state index contributed by atoms with van der Waals surface area (Å²) in [6.07, 6.45) is 2.80. The summed E-state index contributed by atoms with van der Waals surface area (Å²) in [6, 6.07) is 12.2. The average molecular weight is 244 g/mol. The van der Waals surface area contributed by atoms with E-state index >= 15 is 0 Å². The van der Waals surface area contributed by atoms with E-state index in [9.17, 15) is 10.4 Å². The molecule has 1 aromatic carbocycles. The van der Waals surface area contributed by atoms with Crippen molar-refractivity contribution in [3.63, 3.8) is 0 Å². The fourth-order valence-corrected chi connectivity index (χ4v) is 2.59. The van der Waals surface area contributed by atoms with E-state index < -0.39 is 0 Å². The van der Waals surface area contributed by atoms with Crippen LogP contribution in [-0.4, -0.2) is 24.3 Å². The first kappa shape index (κ1) is 13.1. The minimum atomic E-state index is -0.113. The standard InChI is InChI=1S/C15H20N2O/c16-9-14(13-4-2-1-3-5-13)11-17-10-12-6-7-15(18)8-12/h1-5,12,14-15,17-18H,6-8,10-11H2. The molecule has 1 fully saturated rings. The number of rotatable bonds is 5. The molecule has 3 atom stereocenters. The van der Waals surface area contributed by atoms with Crippen LogP contribution in [0.25, 0.3) is 0 Å². The highest BCUT2D eigenvalue weighted by Crippen LogP contribution is 2.24. The molecular weight excluding hydrogens is 224 g/mol. The summed E-state index contributed by atoms with van der Waals surface area (Å²) in [5.41, 5.74) is 1.07. The first-order chi connectivity index (χ1) is 8.79. The Morgan fingerprint density at radius 1 is 1.33 bits per heavy atom. The summed E-state index contributed by atoms with van der Waals surface area (Å²) in [5.74, 6) is 0.479. The van der Waals surface area contributed by atoms with Crippen molar-refractivity contribution in [3.05, 3.63) is 35.9 Å². The summed E-state index contributed by atoms with van der Waals surface area (Å²) in [6.45, 7) is 1.59. The van der Waals surface area contributed by atoms with E-state index in [0.717, 1.165) is 31.4 Å². The Hall–Kier alpha value is -1.37. The van der Waals surface area contributed by atoms with Crippen molar-refractivity contribution in [1.29, 1.82) is 5.26 Å². The fraction of sp³-hybridized carbons (Fsp3) is 0.533. The number of aliphatic hydroxyl groups is 1. The largest absolute Gasteiger partial charge is 0.393 e. The van der Waals surface area contributed by atoms with E-state index in [1.165, 1.54) is 0 Å². The average Bonchev–Trinajstić information content (AvgIpc) is 2.81. The van der Waals surface area contributed by atoms with Gasteiger partial charge in [-0.3, -0.25) is 0 Å². The molecule has 0 bridgehead atoms. The normalized spacial score (nSPS) is 24.7. The Morgan fingerprint density at radius 2 is 2.11 bits per heavy atom. The molecule has 2 rings (SSSR count). The van der Waals surface area contributed by atoms with Gasteiger partial charge in [0.05, 0.1) is 18.1 Å². The van der Waals surface area contributed by atoms with Crippen LogP contribution >= 0.6 is 0 Å². The maximum Gasteiger partial charge on any atom is 0.0837 e. The number of nitrogens with zero attached hydrogens (tertiary/aromatic N) is 1. The van der Waals surface area contributed by atoms with Gasteiger partial charge in [0.15, 0.2) is 0 Å². The number of benzene rings is 1. The number of aliphatic hydroxyl groups excluding tert-OH is 1. The number of hydrogen-bond acceptors (Lipinski definition) is 3. The van der Waals surface area contributed by atoms with Crippen LogP contribution in [0.15, 0.2) is 30.3 Å². The molecule has 18 heavy (non-hydrogen) atoms. The fourth-order valence-electron chi connectivity index (χ4n) is 2.59. The smallest absolute Gasteiger partial charge is 0.0837 e. The predicted octanol–water partition coefficient (Wildman–Crippen LogP) is 2.04. The second-order valence-electron chi connectivity index (χ2n) is 5.08. The molecule has 2 N–H and O–H groups in total. The lowest BCUT2D eigenvalue weighted by molar-refractivity contribution is 0.177. The van der Waals surface area contributed by atoms with Gasteiger partial charge in [-0.15, -0.1) is 0 Å². The molecule has 0 aromatic heterocycles. The Kier molecular flexibility index (Phi) is 4.74. The lowest BCUT2D eigenvalue weighted by Gasteiger charge is -2.14. The van der Waals surface area contributed by atoms with E-state index in [4.69, 9.17) is 0 Å². The Labute approximate surface area is 108 Å². The van der Waals surface area contributed by atoms with Crippen LogP contribution in [-0.2, 0) is 0 Å². The molecule has 0 heterocycles. The van der Waals surface area contributed by atoms with Crippen molar-refractivity contribution in [3.8, 4) is 6.07 Å². The maximum absolute atomic E-state index is 9.45. The predicted molar refractivity (Wildman–Crippen MR) is 71.0 cm³/mol. The van der Waals surface area contributed by atoms with Crippen LogP contribution in [0.5, 0.6) is 0 Å². The van der Waals surface area contributed by atoms with Gasteiger partial charge >= 0.3 is 0 Å². The number of nitriles is 1. The van der Waals surface area contributed by atoms with Crippen LogP contribution in [0, 0.1) is 17.2 Å². The van der Waals surface area contributed by atoms with E-state index in [1.54, 1.807) is 0 Å². The third-order valence-corrected chi connectivity index (χ3v) is 3.65. The minimum Gasteiger partial charge on any atom is -0.393 e. The number of hydrogen-bond donors (Lipinski definition) is 2. The van der Waals surface area contributed by atoms with Gasteiger partial charge in [0.1, 0.15) is 0 Å². The first-order valence-corrected chi connectivity index (χ1v) is 6.63. The Balaban J connectivity index is 1.77. The van der Waals surface area contributed by atoms with Gasteiger partial charge in [-0.2, -0.15) is 5.26 Å². The van der Waals surface area contributed by atoms with Crippen molar-refractivity contribution in [2.45, 2.75) is 31.3 Å². The molecule has 3 unspecified atom stereocenters. The summed E-state index contributed by atoms with van der Waals surface area (Å²) in [5, 5.41) is 22.0. The van der Waals surface area contributed by atoms with Gasteiger partial charge < -0.3 is 10.4 Å². The second kappa shape index (κ2) is 6.53. The van der Waals surface area contributed by atoms with Gasteiger partial charge in [-0.1, -0.05) is 30.3 Å². The molecule has 1 aliphatic carbocycles. The molecule has 0 amide bonds. The van der Waals surface area contributed by atoms with E-state index in [1.807, 2.05) is 30.3 Å². The molecule has 1 aliphatic rings.